The monoisotopic (exact) mass is 219 g/mol. The Balaban J connectivity index is 1.68. The molecule has 0 aromatic rings. The Morgan fingerprint density at radius 3 is 2.44 bits per heavy atom. The minimum Gasteiger partial charge on any atom is -0.371 e. The van der Waals surface area contributed by atoms with E-state index in [1.807, 2.05) is 0 Å². The number of hydrogen-bond donors (Lipinski definition) is 0. The fourth-order valence-corrected chi connectivity index (χ4v) is 1.90. The first-order valence-electron chi connectivity index (χ1n) is 5.93. The third kappa shape index (κ3) is 2.74. The lowest BCUT2D eigenvalue weighted by Gasteiger charge is -2.24. The Morgan fingerprint density at radius 1 is 1.12 bits per heavy atom. The van der Waals surface area contributed by atoms with Crippen molar-refractivity contribution in [2.45, 2.75) is 18.6 Å². The molecule has 3 aliphatic rings. The second-order valence-electron chi connectivity index (χ2n) is 4.47. The van der Waals surface area contributed by atoms with Gasteiger partial charge in [0.1, 0.15) is 0 Å². The van der Waals surface area contributed by atoms with Gasteiger partial charge in [-0.2, -0.15) is 0 Å². The molecule has 3 heteroatoms. The molecule has 2 saturated heterocycles. The zero-order chi connectivity index (χ0) is 10.8. The van der Waals surface area contributed by atoms with E-state index in [9.17, 15) is 0 Å². The van der Waals surface area contributed by atoms with Crippen LogP contribution in [0, 0.1) is 0 Å². The molecule has 86 valence electrons. The summed E-state index contributed by atoms with van der Waals surface area (Å²) < 4.78 is 10.6. The molecule has 16 heavy (non-hydrogen) atoms. The zero-order valence-electron chi connectivity index (χ0n) is 9.34. The van der Waals surface area contributed by atoms with Crippen molar-refractivity contribution in [1.82, 2.24) is 4.90 Å². The highest BCUT2D eigenvalue weighted by Gasteiger charge is 2.31. The third-order valence-electron chi connectivity index (χ3n) is 2.98. The van der Waals surface area contributed by atoms with Crippen LogP contribution in [0.15, 0.2) is 36.1 Å². The Hall–Kier alpha value is -1.06. The van der Waals surface area contributed by atoms with E-state index >= 15 is 0 Å². The van der Waals surface area contributed by atoms with Gasteiger partial charge in [0.2, 0.25) is 0 Å². The maximum Gasteiger partial charge on any atom is 0.0984 e. The van der Waals surface area contributed by atoms with E-state index in [0.29, 0.717) is 12.2 Å². The van der Waals surface area contributed by atoms with E-state index in [-0.39, 0.29) is 0 Å². The first kappa shape index (κ1) is 10.1. The number of allylic oxidation sites excluding steroid dienone is 5. The molecule has 2 heterocycles. The van der Waals surface area contributed by atoms with E-state index in [1.165, 1.54) is 5.70 Å². The van der Waals surface area contributed by atoms with E-state index in [2.05, 4.69) is 35.3 Å². The molecule has 0 aromatic carbocycles. The maximum absolute atomic E-state index is 5.31. The van der Waals surface area contributed by atoms with Gasteiger partial charge in [0.05, 0.1) is 25.4 Å². The fourth-order valence-electron chi connectivity index (χ4n) is 1.90. The summed E-state index contributed by atoms with van der Waals surface area (Å²) in [4.78, 5) is 2.38. The largest absolute Gasteiger partial charge is 0.371 e. The third-order valence-corrected chi connectivity index (χ3v) is 2.98. The number of rotatable bonds is 5. The highest BCUT2D eigenvalue weighted by Crippen LogP contribution is 2.20. The standard InChI is InChI=1S/C13H17NO2/c1-2-4-6-11(5-3-1)14(7-12-9-15-12)8-13-10-16-13/h1,3-6,12-13H,2,7-10H2/t12-,13?/m1/s1. The van der Waals surface area contributed by atoms with Crippen LogP contribution >= 0.6 is 0 Å². The number of epoxide rings is 2. The summed E-state index contributed by atoms with van der Waals surface area (Å²) in [5.41, 5.74) is 1.28. The van der Waals surface area contributed by atoms with E-state index < -0.39 is 0 Å². The maximum atomic E-state index is 5.31. The predicted octanol–water partition coefficient (Wildman–Crippen LogP) is 1.49. The molecule has 2 atom stereocenters. The van der Waals surface area contributed by atoms with Crippen molar-refractivity contribution in [2.75, 3.05) is 26.3 Å². The topological polar surface area (TPSA) is 28.3 Å². The first-order chi connectivity index (χ1) is 7.92. The molecule has 3 rings (SSSR count). The van der Waals surface area contributed by atoms with Crippen molar-refractivity contribution in [3.63, 3.8) is 0 Å². The van der Waals surface area contributed by atoms with Gasteiger partial charge in [0.25, 0.3) is 0 Å². The van der Waals surface area contributed by atoms with Gasteiger partial charge >= 0.3 is 0 Å². The molecule has 1 unspecified atom stereocenters. The predicted molar refractivity (Wildman–Crippen MR) is 62.0 cm³/mol. The van der Waals surface area contributed by atoms with Gasteiger partial charge in [0, 0.05) is 18.8 Å². The smallest absolute Gasteiger partial charge is 0.0984 e. The van der Waals surface area contributed by atoms with Gasteiger partial charge in [-0.15, -0.1) is 0 Å². The molecule has 0 saturated carbocycles. The van der Waals surface area contributed by atoms with Crippen molar-refractivity contribution in [3.05, 3.63) is 36.1 Å². The second kappa shape index (κ2) is 4.44. The zero-order valence-corrected chi connectivity index (χ0v) is 9.34. The van der Waals surface area contributed by atoms with Crippen molar-refractivity contribution < 1.29 is 9.47 Å². The Morgan fingerprint density at radius 2 is 1.81 bits per heavy atom. The van der Waals surface area contributed by atoms with Crippen LogP contribution in [0.5, 0.6) is 0 Å². The van der Waals surface area contributed by atoms with Crippen LogP contribution in [0.1, 0.15) is 6.42 Å². The SMILES string of the molecule is C1=CCC=CC(N(CC2CO2)C[C@@H]2CO2)=C1. The van der Waals surface area contributed by atoms with Crippen LogP contribution in [-0.4, -0.2) is 43.4 Å². The Labute approximate surface area is 96.0 Å². The molecule has 2 fully saturated rings. The normalized spacial score (nSPS) is 30.9. The molecule has 0 spiro atoms. The van der Waals surface area contributed by atoms with Crippen LogP contribution < -0.4 is 0 Å². The molecular weight excluding hydrogens is 202 g/mol. The Kier molecular flexibility index (Phi) is 2.80. The van der Waals surface area contributed by atoms with Crippen molar-refractivity contribution in [3.8, 4) is 0 Å². The lowest BCUT2D eigenvalue weighted by Crippen LogP contribution is -2.30. The Bertz CT molecular complexity index is 324. The molecule has 0 N–H and O–H groups in total. The number of nitrogens with zero attached hydrogens (tertiary/aromatic N) is 1. The van der Waals surface area contributed by atoms with Gasteiger partial charge in [-0.3, -0.25) is 0 Å². The highest BCUT2D eigenvalue weighted by atomic mass is 16.6. The van der Waals surface area contributed by atoms with E-state index in [0.717, 1.165) is 32.7 Å². The first-order valence-corrected chi connectivity index (χ1v) is 5.93. The minimum atomic E-state index is 0.431. The van der Waals surface area contributed by atoms with Gasteiger partial charge in [-0.1, -0.05) is 18.2 Å². The molecule has 3 nitrogen and oxygen atoms in total. The van der Waals surface area contributed by atoms with Crippen LogP contribution in [0.2, 0.25) is 0 Å². The number of ether oxygens (including phenoxy) is 2. The average molecular weight is 219 g/mol. The summed E-state index contributed by atoms with van der Waals surface area (Å²) in [6.07, 6.45) is 12.8. The summed E-state index contributed by atoms with van der Waals surface area (Å²) in [7, 11) is 0. The quantitative estimate of drug-likeness (QED) is 0.656. The molecule has 1 aliphatic carbocycles. The lowest BCUT2D eigenvalue weighted by atomic mass is 10.2. The van der Waals surface area contributed by atoms with Gasteiger partial charge in [-0.25, -0.2) is 0 Å². The fraction of sp³-hybridized carbons (Fsp3) is 0.538. The lowest BCUT2D eigenvalue weighted by molar-refractivity contribution is 0.268. The van der Waals surface area contributed by atoms with Gasteiger partial charge in [0.15, 0.2) is 0 Å². The molecule has 0 bridgehead atoms. The number of hydrogen-bond acceptors (Lipinski definition) is 3. The molecular formula is C13H17NO2. The van der Waals surface area contributed by atoms with E-state index in [1.54, 1.807) is 0 Å². The van der Waals surface area contributed by atoms with Crippen LogP contribution in [0.3, 0.4) is 0 Å². The summed E-state index contributed by atoms with van der Waals surface area (Å²) in [6, 6.07) is 0. The van der Waals surface area contributed by atoms with Crippen molar-refractivity contribution >= 4 is 0 Å². The average Bonchev–Trinajstić information content (AvgIpc) is 3.15. The molecule has 0 amide bonds. The van der Waals surface area contributed by atoms with Gasteiger partial charge in [-0.05, 0) is 18.6 Å². The van der Waals surface area contributed by atoms with Gasteiger partial charge < -0.3 is 14.4 Å². The van der Waals surface area contributed by atoms with Crippen molar-refractivity contribution in [1.29, 1.82) is 0 Å². The molecule has 0 radical (unpaired) electrons. The van der Waals surface area contributed by atoms with Crippen LogP contribution in [-0.2, 0) is 9.47 Å². The summed E-state index contributed by atoms with van der Waals surface area (Å²) in [5, 5.41) is 0. The second-order valence-corrected chi connectivity index (χ2v) is 4.47. The summed E-state index contributed by atoms with van der Waals surface area (Å²) in [6.45, 7) is 3.80. The molecule has 0 aromatic heterocycles. The summed E-state index contributed by atoms with van der Waals surface area (Å²) in [5.74, 6) is 0. The van der Waals surface area contributed by atoms with Crippen LogP contribution in [0.25, 0.3) is 0 Å². The van der Waals surface area contributed by atoms with E-state index in [4.69, 9.17) is 9.47 Å². The molecule has 2 aliphatic heterocycles. The minimum absolute atomic E-state index is 0.431. The summed E-state index contributed by atoms with van der Waals surface area (Å²) >= 11 is 0. The highest BCUT2D eigenvalue weighted by molar-refractivity contribution is 5.27. The van der Waals surface area contributed by atoms with Crippen LogP contribution in [0.4, 0.5) is 0 Å². The van der Waals surface area contributed by atoms with Crippen molar-refractivity contribution in [2.24, 2.45) is 0 Å².